The van der Waals surface area contributed by atoms with Crippen LogP contribution in [0.4, 0.5) is 4.39 Å². The minimum atomic E-state index is -0.534. The molecule has 1 atom stereocenters. The molecular weight excluding hydrogens is 359 g/mol. The number of H-pyrrole nitrogens is 1. The zero-order valence-electron chi connectivity index (χ0n) is 11.9. The number of esters is 1. The molecule has 0 aliphatic heterocycles. The van der Waals surface area contributed by atoms with Crippen molar-refractivity contribution in [2.45, 2.75) is 26.3 Å². The summed E-state index contributed by atoms with van der Waals surface area (Å²) in [6.45, 7) is 4.04. The minimum absolute atomic E-state index is 0.282. The van der Waals surface area contributed by atoms with E-state index >= 15 is 0 Å². The van der Waals surface area contributed by atoms with E-state index in [0.717, 1.165) is 0 Å². The van der Waals surface area contributed by atoms with Crippen LogP contribution >= 0.6 is 28.1 Å². The lowest BCUT2D eigenvalue weighted by Crippen LogP contribution is -2.22. The lowest BCUT2D eigenvalue weighted by molar-refractivity contribution is -0.145. The number of methoxy groups -OCH3 is 1. The second-order valence-electron chi connectivity index (χ2n) is 5.25. The normalized spacial score (nSPS) is 12.9. The molecule has 1 aromatic heterocycles. The first kappa shape index (κ1) is 16.2. The van der Waals surface area contributed by atoms with Gasteiger partial charge in [-0.15, -0.1) is 0 Å². The lowest BCUT2D eigenvalue weighted by Gasteiger charge is -2.19. The van der Waals surface area contributed by atoms with Gasteiger partial charge in [-0.2, -0.15) is 0 Å². The first-order valence-corrected chi connectivity index (χ1v) is 7.72. The molecule has 114 valence electrons. The van der Waals surface area contributed by atoms with Gasteiger partial charge >= 0.3 is 5.97 Å². The summed E-state index contributed by atoms with van der Waals surface area (Å²) in [6.07, 6.45) is 0.586. The Hall–Kier alpha value is -1.21. The predicted octanol–water partition coefficient (Wildman–Crippen LogP) is 4.36. The Balaban J connectivity index is 2.67. The summed E-state index contributed by atoms with van der Waals surface area (Å²) in [5, 5.41) is 0. The van der Waals surface area contributed by atoms with Crippen LogP contribution in [0.3, 0.4) is 0 Å². The van der Waals surface area contributed by atoms with Crippen molar-refractivity contribution >= 4 is 45.2 Å². The second-order valence-corrected chi connectivity index (χ2v) is 6.49. The highest BCUT2D eigenvalue weighted by molar-refractivity contribution is 9.10. The standard InChI is InChI=1S/C14H16BrFN2O2S/c1-7(2)4-12(13(19)20-3)18-11-5-8(15)9(16)6-10(11)17-14(18)21/h5-7,12H,4H2,1-3H3,(H,17,21). The molecule has 1 unspecified atom stereocenters. The molecule has 0 aliphatic carbocycles. The van der Waals surface area contributed by atoms with Crippen molar-refractivity contribution in [3.05, 3.63) is 27.2 Å². The van der Waals surface area contributed by atoms with E-state index in [1.54, 1.807) is 10.6 Å². The van der Waals surface area contributed by atoms with E-state index in [-0.39, 0.29) is 17.7 Å². The molecule has 0 saturated heterocycles. The molecule has 0 fully saturated rings. The maximum absolute atomic E-state index is 13.6. The fourth-order valence-corrected chi connectivity index (χ4v) is 2.99. The SMILES string of the molecule is COC(=O)C(CC(C)C)n1c(=S)[nH]c2cc(F)c(Br)cc21. The molecule has 4 nitrogen and oxygen atoms in total. The van der Waals surface area contributed by atoms with Crippen LogP contribution < -0.4 is 0 Å². The molecule has 0 amide bonds. The summed E-state index contributed by atoms with van der Waals surface area (Å²) < 4.78 is 20.9. The molecule has 1 aromatic carbocycles. The fourth-order valence-electron chi connectivity index (χ4n) is 2.32. The molecule has 0 saturated carbocycles. The molecule has 0 bridgehead atoms. The third-order valence-electron chi connectivity index (χ3n) is 3.24. The Morgan fingerprint density at radius 1 is 1.52 bits per heavy atom. The molecule has 21 heavy (non-hydrogen) atoms. The van der Waals surface area contributed by atoms with Crippen molar-refractivity contribution in [2.24, 2.45) is 5.92 Å². The number of carbonyl (C=O) groups excluding carboxylic acids is 1. The monoisotopic (exact) mass is 374 g/mol. The summed E-state index contributed by atoms with van der Waals surface area (Å²) in [5.41, 5.74) is 1.22. The number of imidazole rings is 1. The highest BCUT2D eigenvalue weighted by Crippen LogP contribution is 2.28. The summed E-state index contributed by atoms with van der Waals surface area (Å²) >= 11 is 8.46. The molecule has 0 aliphatic rings. The van der Waals surface area contributed by atoms with Gasteiger partial charge in [0.2, 0.25) is 0 Å². The van der Waals surface area contributed by atoms with Gasteiger partial charge in [-0.1, -0.05) is 13.8 Å². The third kappa shape index (κ3) is 3.18. The van der Waals surface area contributed by atoms with E-state index in [9.17, 15) is 9.18 Å². The number of carbonyl (C=O) groups is 1. The average molecular weight is 375 g/mol. The first-order chi connectivity index (χ1) is 9.85. The highest BCUT2D eigenvalue weighted by atomic mass is 79.9. The summed E-state index contributed by atoms with van der Waals surface area (Å²) in [5.74, 6) is -0.463. The quantitative estimate of drug-likeness (QED) is 0.638. The van der Waals surface area contributed by atoms with Gasteiger partial charge in [0.25, 0.3) is 0 Å². The van der Waals surface area contributed by atoms with Crippen molar-refractivity contribution in [3.63, 3.8) is 0 Å². The van der Waals surface area contributed by atoms with Crippen molar-refractivity contribution in [1.82, 2.24) is 9.55 Å². The van der Waals surface area contributed by atoms with E-state index < -0.39 is 6.04 Å². The number of hydrogen-bond donors (Lipinski definition) is 1. The fraction of sp³-hybridized carbons (Fsp3) is 0.429. The van der Waals surface area contributed by atoms with Crippen LogP contribution in [0.1, 0.15) is 26.3 Å². The number of halogens is 2. The molecule has 0 radical (unpaired) electrons. The van der Waals surface area contributed by atoms with Crippen molar-refractivity contribution in [2.75, 3.05) is 7.11 Å². The topological polar surface area (TPSA) is 47.0 Å². The average Bonchev–Trinajstić information content (AvgIpc) is 2.71. The molecule has 7 heteroatoms. The minimum Gasteiger partial charge on any atom is -0.467 e. The van der Waals surface area contributed by atoms with Gasteiger partial charge in [-0.3, -0.25) is 0 Å². The van der Waals surface area contributed by atoms with Crippen molar-refractivity contribution < 1.29 is 13.9 Å². The van der Waals surface area contributed by atoms with E-state index in [0.29, 0.717) is 26.7 Å². The van der Waals surface area contributed by atoms with Crippen LogP contribution in [0.5, 0.6) is 0 Å². The van der Waals surface area contributed by atoms with Crippen LogP contribution in [0.15, 0.2) is 16.6 Å². The first-order valence-electron chi connectivity index (χ1n) is 6.52. The maximum Gasteiger partial charge on any atom is 0.328 e. The zero-order chi connectivity index (χ0) is 15.7. The van der Waals surface area contributed by atoms with Gasteiger partial charge in [-0.05, 0) is 46.6 Å². The molecule has 1 heterocycles. The Morgan fingerprint density at radius 2 is 2.19 bits per heavy atom. The molecular formula is C14H16BrFN2O2S. The van der Waals surface area contributed by atoms with Gasteiger partial charge in [0.15, 0.2) is 4.77 Å². The zero-order valence-corrected chi connectivity index (χ0v) is 14.3. The van der Waals surface area contributed by atoms with Crippen molar-refractivity contribution in [3.8, 4) is 0 Å². The number of aromatic nitrogens is 2. The molecule has 2 aromatic rings. The number of hydrogen-bond acceptors (Lipinski definition) is 3. The van der Waals surface area contributed by atoms with Crippen molar-refractivity contribution in [1.29, 1.82) is 0 Å². The van der Waals surface area contributed by atoms with E-state index in [1.165, 1.54) is 13.2 Å². The Kier molecular flexibility index (Phi) is 4.83. The van der Waals surface area contributed by atoms with E-state index in [1.807, 2.05) is 13.8 Å². The van der Waals surface area contributed by atoms with Gasteiger partial charge in [0.05, 0.1) is 22.6 Å². The largest absolute Gasteiger partial charge is 0.467 e. The van der Waals surface area contributed by atoms with Crippen LogP contribution in [0.2, 0.25) is 0 Å². The lowest BCUT2D eigenvalue weighted by atomic mass is 10.0. The van der Waals surface area contributed by atoms with Crippen LogP contribution in [-0.4, -0.2) is 22.6 Å². The number of nitrogens with one attached hydrogen (secondary N) is 1. The van der Waals surface area contributed by atoms with Gasteiger partial charge in [0.1, 0.15) is 11.9 Å². The van der Waals surface area contributed by atoms with E-state index in [4.69, 9.17) is 17.0 Å². The van der Waals surface area contributed by atoms with Crippen LogP contribution in [0, 0.1) is 16.5 Å². The summed E-state index contributed by atoms with van der Waals surface area (Å²) in [6, 6.07) is 2.44. The second kappa shape index (κ2) is 6.27. The van der Waals surface area contributed by atoms with Crippen LogP contribution in [0.25, 0.3) is 11.0 Å². The number of fused-ring (bicyclic) bond motifs is 1. The Bertz CT molecular complexity index is 738. The highest BCUT2D eigenvalue weighted by Gasteiger charge is 2.25. The number of aromatic amines is 1. The molecule has 0 spiro atoms. The number of nitrogens with zero attached hydrogens (tertiary/aromatic N) is 1. The number of ether oxygens (including phenoxy) is 1. The Morgan fingerprint density at radius 3 is 2.76 bits per heavy atom. The van der Waals surface area contributed by atoms with Crippen LogP contribution in [-0.2, 0) is 9.53 Å². The summed E-state index contributed by atoms with van der Waals surface area (Å²) in [4.78, 5) is 15.0. The molecule has 1 N–H and O–H groups in total. The maximum atomic E-state index is 13.6. The van der Waals surface area contributed by atoms with E-state index in [2.05, 4.69) is 20.9 Å². The number of benzene rings is 1. The number of rotatable bonds is 4. The molecule has 2 rings (SSSR count). The summed E-state index contributed by atoms with van der Waals surface area (Å²) in [7, 11) is 1.35. The smallest absolute Gasteiger partial charge is 0.328 e. The predicted molar refractivity (Wildman–Crippen MR) is 85.3 cm³/mol. The van der Waals surface area contributed by atoms with Gasteiger partial charge in [0, 0.05) is 6.07 Å². The Labute approximate surface area is 135 Å². The third-order valence-corrected chi connectivity index (χ3v) is 4.14. The van der Waals surface area contributed by atoms with Gasteiger partial charge < -0.3 is 14.3 Å². The van der Waals surface area contributed by atoms with Gasteiger partial charge in [-0.25, -0.2) is 9.18 Å².